The van der Waals surface area contributed by atoms with E-state index in [2.05, 4.69) is 12.1 Å². The lowest BCUT2D eigenvalue weighted by molar-refractivity contribution is -0.143. The summed E-state index contributed by atoms with van der Waals surface area (Å²) in [6.45, 7) is 7.31. The zero-order valence-corrected chi connectivity index (χ0v) is 20.0. The molecule has 2 aromatic carbocycles. The van der Waals surface area contributed by atoms with Gasteiger partial charge in [0.05, 0.1) is 11.5 Å². The molecule has 1 unspecified atom stereocenters. The molecule has 1 heterocycles. The van der Waals surface area contributed by atoms with Crippen LogP contribution < -0.4 is 0 Å². The van der Waals surface area contributed by atoms with Crippen LogP contribution in [0.1, 0.15) is 64.4 Å². The van der Waals surface area contributed by atoms with Crippen molar-refractivity contribution < 1.29 is 19.4 Å². The highest BCUT2D eigenvalue weighted by molar-refractivity contribution is 5.89. The van der Waals surface area contributed by atoms with Gasteiger partial charge in [0, 0.05) is 26.2 Å². The highest BCUT2D eigenvalue weighted by Crippen LogP contribution is 2.42. The fourth-order valence-corrected chi connectivity index (χ4v) is 5.14. The number of aliphatic hydroxyl groups is 1. The lowest BCUT2D eigenvalue weighted by Gasteiger charge is -2.43. The smallest absolute Gasteiger partial charge is 0.410 e. The van der Waals surface area contributed by atoms with Gasteiger partial charge in [-0.15, -0.1) is 0 Å². The van der Waals surface area contributed by atoms with Crippen molar-refractivity contribution >= 4 is 22.8 Å². The Morgan fingerprint density at radius 1 is 0.909 bits per heavy atom. The Bertz CT molecular complexity index is 999. The van der Waals surface area contributed by atoms with Gasteiger partial charge >= 0.3 is 6.09 Å². The lowest BCUT2D eigenvalue weighted by Crippen LogP contribution is -2.55. The quantitative estimate of drug-likeness (QED) is 0.733. The molecule has 1 saturated heterocycles. The monoisotopic (exact) mass is 452 g/mol. The summed E-state index contributed by atoms with van der Waals surface area (Å²) in [4.78, 5) is 29.8. The van der Waals surface area contributed by atoms with E-state index in [1.165, 1.54) is 0 Å². The number of piperazine rings is 1. The highest BCUT2D eigenvalue weighted by Gasteiger charge is 2.45. The molecule has 0 bridgehead atoms. The molecule has 0 spiro atoms. The maximum atomic E-state index is 13.9. The SMILES string of the molecule is CC(C)(C)OC(=O)N1CCN(C(=O)C(c2ccc3ccccc3c2)C2(O)CCCCC2)CC1. The van der Waals surface area contributed by atoms with E-state index in [1.54, 1.807) is 4.90 Å². The Labute approximate surface area is 196 Å². The van der Waals surface area contributed by atoms with Crippen molar-refractivity contribution in [2.24, 2.45) is 0 Å². The summed E-state index contributed by atoms with van der Waals surface area (Å²) in [5.41, 5.74) is -0.715. The third kappa shape index (κ3) is 5.32. The van der Waals surface area contributed by atoms with Crippen LogP contribution in [0.25, 0.3) is 10.8 Å². The Hall–Kier alpha value is -2.60. The summed E-state index contributed by atoms with van der Waals surface area (Å²) in [5.74, 6) is -0.644. The van der Waals surface area contributed by atoms with E-state index in [1.807, 2.05) is 56.0 Å². The number of benzene rings is 2. The molecule has 1 atom stereocenters. The van der Waals surface area contributed by atoms with E-state index >= 15 is 0 Å². The van der Waals surface area contributed by atoms with Gasteiger partial charge in [-0.1, -0.05) is 61.7 Å². The van der Waals surface area contributed by atoms with Crippen LogP contribution in [0, 0.1) is 0 Å². The van der Waals surface area contributed by atoms with Crippen LogP contribution in [0.3, 0.4) is 0 Å². The first-order valence-corrected chi connectivity index (χ1v) is 12.1. The second kappa shape index (κ2) is 9.34. The minimum Gasteiger partial charge on any atom is -0.444 e. The molecule has 6 nitrogen and oxygen atoms in total. The van der Waals surface area contributed by atoms with Crippen LogP contribution in [0.2, 0.25) is 0 Å². The number of carbonyl (C=O) groups is 2. The van der Waals surface area contributed by atoms with Crippen LogP contribution in [-0.2, 0) is 9.53 Å². The molecule has 1 aliphatic carbocycles. The minimum atomic E-state index is -1.04. The summed E-state index contributed by atoms with van der Waals surface area (Å²) in [6, 6.07) is 14.2. The molecule has 2 amide bonds. The van der Waals surface area contributed by atoms with Gasteiger partial charge in [-0.05, 0) is 49.9 Å². The van der Waals surface area contributed by atoms with Crippen LogP contribution in [-0.4, -0.2) is 64.3 Å². The Morgan fingerprint density at radius 3 is 2.15 bits per heavy atom. The Kier molecular flexibility index (Phi) is 6.66. The predicted molar refractivity (Wildman–Crippen MR) is 129 cm³/mol. The number of rotatable bonds is 3. The van der Waals surface area contributed by atoms with Gasteiger partial charge in [-0.25, -0.2) is 4.79 Å². The van der Waals surface area contributed by atoms with Gasteiger partial charge in [-0.2, -0.15) is 0 Å². The largest absolute Gasteiger partial charge is 0.444 e. The first-order chi connectivity index (χ1) is 15.7. The number of fused-ring (bicyclic) bond motifs is 1. The molecule has 0 radical (unpaired) electrons. The second-order valence-electron chi connectivity index (χ2n) is 10.5. The van der Waals surface area contributed by atoms with Crippen molar-refractivity contribution in [1.82, 2.24) is 9.80 Å². The van der Waals surface area contributed by atoms with Gasteiger partial charge in [0.25, 0.3) is 0 Å². The van der Waals surface area contributed by atoms with E-state index < -0.39 is 17.1 Å². The van der Waals surface area contributed by atoms with Crippen molar-refractivity contribution in [2.45, 2.75) is 70.0 Å². The fraction of sp³-hybridized carbons (Fsp3) is 0.556. The minimum absolute atomic E-state index is 0.0430. The fourth-order valence-electron chi connectivity index (χ4n) is 5.14. The van der Waals surface area contributed by atoms with Crippen molar-refractivity contribution in [1.29, 1.82) is 0 Å². The molecule has 2 fully saturated rings. The maximum Gasteiger partial charge on any atom is 0.410 e. The summed E-state index contributed by atoms with van der Waals surface area (Å²) in [5, 5.41) is 13.9. The molecular formula is C27H36N2O4. The molecule has 1 N–H and O–H groups in total. The van der Waals surface area contributed by atoms with Crippen molar-refractivity contribution in [3.05, 3.63) is 48.0 Å². The molecule has 1 saturated carbocycles. The topological polar surface area (TPSA) is 70.1 Å². The van der Waals surface area contributed by atoms with Gasteiger partial charge in [0.2, 0.25) is 5.91 Å². The van der Waals surface area contributed by atoms with Gasteiger partial charge in [0.1, 0.15) is 5.60 Å². The molecule has 2 aliphatic rings. The third-order valence-corrected chi connectivity index (χ3v) is 6.85. The molecule has 178 valence electrons. The van der Waals surface area contributed by atoms with Crippen LogP contribution in [0.15, 0.2) is 42.5 Å². The van der Waals surface area contributed by atoms with Gasteiger partial charge in [-0.3, -0.25) is 4.79 Å². The molecule has 2 aromatic rings. The molecule has 33 heavy (non-hydrogen) atoms. The molecule has 4 rings (SSSR count). The predicted octanol–water partition coefficient (Wildman–Crippen LogP) is 4.70. The Morgan fingerprint density at radius 2 is 1.52 bits per heavy atom. The van der Waals surface area contributed by atoms with E-state index in [0.29, 0.717) is 39.0 Å². The van der Waals surface area contributed by atoms with E-state index in [9.17, 15) is 14.7 Å². The number of amides is 2. The van der Waals surface area contributed by atoms with E-state index in [4.69, 9.17) is 4.74 Å². The molecule has 1 aliphatic heterocycles. The molecule has 0 aromatic heterocycles. The van der Waals surface area contributed by atoms with Gasteiger partial charge in [0.15, 0.2) is 0 Å². The van der Waals surface area contributed by atoms with Crippen LogP contribution in [0.5, 0.6) is 0 Å². The summed E-state index contributed by atoms with van der Waals surface area (Å²) in [6.07, 6.45) is 3.88. The number of ether oxygens (including phenoxy) is 1. The summed E-state index contributed by atoms with van der Waals surface area (Å²) >= 11 is 0. The van der Waals surface area contributed by atoms with E-state index in [0.717, 1.165) is 35.6 Å². The summed E-state index contributed by atoms with van der Waals surface area (Å²) < 4.78 is 5.49. The summed E-state index contributed by atoms with van der Waals surface area (Å²) in [7, 11) is 0. The first-order valence-electron chi connectivity index (χ1n) is 12.1. The number of nitrogens with zero attached hydrogens (tertiary/aromatic N) is 2. The van der Waals surface area contributed by atoms with Crippen LogP contribution in [0.4, 0.5) is 4.79 Å². The zero-order chi connectivity index (χ0) is 23.6. The number of carbonyl (C=O) groups excluding carboxylic acids is 2. The van der Waals surface area contributed by atoms with Crippen molar-refractivity contribution in [2.75, 3.05) is 26.2 Å². The van der Waals surface area contributed by atoms with E-state index in [-0.39, 0.29) is 12.0 Å². The van der Waals surface area contributed by atoms with Gasteiger partial charge < -0.3 is 19.6 Å². The number of hydrogen-bond acceptors (Lipinski definition) is 4. The third-order valence-electron chi connectivity index (χ3n) is 6.85. The lowest BCUT2D eigenvalue weighted by atomic mass is 9.72. The maximum absolute atomic E-state index is 13.9. The number of hydrogen-bond donors (Lipinski definition) is 1. The molecular weight excluding hydrogens is 416 g/mol. The first kappa shape index (κ1) is 23.6. The average Bonchev–Trinajstić information content (AvgIpc) is 2.78. The highest BCUT2D eigenvalue weighted by atomic mass is 16.6. The average molecular weight is 453 g/mol. The van der Waals surface area contributed by atoms with Crippen molar-refractivity contribution in [3.8, 4) is 0 Å². The van der Waals surface area contributed by atoms with Crippen LogP contribution >= 0.6 is 0 Å². The standard InChI is InChI=1S/C27H36N2O4/c1-26(2,3)33-25(31)29-17-15-28(16-18-29)24(30)23(27(32)13-7-4-8-14-27)22-12-11-20-9-5-6-10-21(20)19-22/h5-6,9-12,19,23,32H,4,7-8,13-18H2,1-3H3. The normalized spacial score (nSPS) is 19.9. The van der Waals surface area contributed by atoms with Crippen molar-refractivity contribution in [3.63, 3.8) is 0 Å². The zero-order valence-electron chi connectivity index (χ0n) is 20.0. The second-order valence-corrected chi connectivity index (χ2v) is 10.5. The molecule has 6 heteroatoms. The Balaban J connectivity index is 1.56.